The van der Waals surface area contributed by atoms with Crippen molar-refractivity contribution in [3.8, 4) is 0 Å². The first-order valence-electron chi connectivity index (χ1n) is 4.64. The average molecular weight is 200 g/mol. The summed E-state index contributed by atoms with van der Waals surface area (Å²) < 4.78 is 1.79. The number of rotatable bonds is 2. The van der Waals surface area contributed by atoms with Crippen LogP contribution in [-0.2, 0) is 11.2 Å². The summed E-state index contributed by atoms with van der Waals surface area (Å²) in [6.07, 6.45) is 1.25. The van der Waals surface area contributed by atoms with E-state index in [1.807, 2.05) is 24.3 Å². The minimum atomic E-state index is 0.365. The summed E-state index contributed by atoms with van der Waals surface area (Å²) in [6, 6.07) is 7.84. The molecule has 0 saturated carbocycles. The molecule has 3 rings (SSSR count). The lowest BCUT2D eigenvalue weighted by Gasteiger charge is -1.91. The van der Waals surface area contributed by atoms with Crippen molar-refractivity contribution in [1.82, 2.24) is 20.0 Å². The summed E-state index contributed by atoms with van der Waals surface area (Å²) in [7, 11) is 0. The van der Waals surface area contributed by atoms with Crippen LogP contribution in [0.15, 0.2) is 24.3 Å². The molecule has 5 heteroatoms. The molecule has 0 aliphatic carbocycles. The number of aromatic amines is 1. The van der Waals surface area contributed by atoms with E-state index in [0.29, 0.717) is 6.42 Å². The molecule has 0 spiro atoms. The van der Waals surface area contributed by atoms with Gasteiger partial charge in [-0.1, -0.05) is 23.4 Å². The Morgan fingerprint density at radius 2 is 2.27 bits per heavy atom. The van der Waals surface area contributed by atoms with Crippen molar-refractivity contribution in [3.05, 3.63) is 29.8 Å². The van der Waals surface area contributed by atoms with Gasteiger partial charge in [-0.2, -0.15) is 5.21 Å². The third-order valence-electron chi connectivity index (χ3n) is 2.53. The normalized spacial score (nSPS) is 11.2. The maximum atomic E-state index is 10.6. The van der Waals surface area contributed by atoms with Gasteiger partial charge >= 0.3 is 0 Å². The van der Waals surface area contributed by atoms with Gasteiger partial charge < -0.3 is 4.79 Å². The Balaban J connectivity index is 2.52. The Morgan fingerprint density at radius 3 is 3.13 bits per heavy atom. The molecule has 5 nitrogen and oxygen atoms in total. The number of carbonyl (C=O) groups excluding carboxylic acids is 1. The van der Waals surface area contributed by atoms with E-state index in [1.165, 1.54) is 0 Å². The highest BCUT2D eigenvalue weighted by Gasteiger charge is 2.12. The van der Waals surface area contributed by atoms with Crippen LogP contribution in [0, 0.1) is 0 Å². The molecule has 0 amide bonds. The van der Waals surface area contributed by atoms with E-state index in [2.05, 4.69) is 15.5 Å². The van der Waals surface area contributed by atoms with Crippen molar-refractivity contribution in [2.75, 3.05) is 0 Å². The van der Waals surface area contributed by atoms with Gasteiger partial charge in [0.15, 0.2) is 5.65 Å². The van der Waals surface area contributed by atoms with Crippen LogP contribution in [0.5, 0.6) is 0 Å². The predicted molar refractivity (Wildman–Crippen MR) is 54.6 cm³/mol. The van der Waals surface area contributed by atoms with Crippen molar-refractivity contribution >= 4 is 22.8 Å². The lowest BCUT2D eigenvalue weighted by Crippen LogP contribution is -1.85. The van der Waals surface area contributed by atoms with E-state index in [1.54, 1.807) is 4.52 Å². The number of hydrogen-bond acceptors (Lipinski definition) is 3. The zero-order chi connectivity index (χ0) is 10.3. The van der Waals surface area contributed by atoms with Crippen molar-refractivity contribution < 1.29 is 4.79 Å². The highest BCUT2D eigenvalue weighted by Crippen LogP contribution is 2.23. The molecule has 0 fully saturated rings. The quantitative estimate of drug-likeness (QED) is 0.626. The fourth-order valence-electron chi connectivity index (χ4n) is 1.90. The molecule has 1 aromatic carbocycles. The van der Waals surface area contributed by atoms with E-state index in [-0.39, 0.29) is 0 Å². The first kappa shape index (κ1) is 8.16. The summed E-state index contributed by atoms with van der Waals surface area (Å²) in [5.41, 5.74) is 2.65. The third-order valence-corrected chi connectivity index (χ3v) is 2.53. The summed E-state index contributed by atoms with van der Waals surface area (Å²) in [6.45, 7) is 0. The van der Waals surface area contributed by atoms with Gasteiger partial charge in [0.25, 0.3) is 0 Å². The Labute approximate surface area is 84.7 Å². The van der Waals surface area contributed by atoms with Gasteiger partial charge in [0.1, 0.15) is 6.29 Å². The number of carbonyl (C=O) groups is 1. The first-order chi connectivity index (χ1) is 7.42. The lowest BCUT2D eigenvalue weighted by molar-refractivity contribution is -0.107. The molecule has 15 heavy (non-hydrogen) atoms. The molecule has 0 unspecified atom stereocenters. The van der Waals surface area contributed by atoms with E-state index in [0.717, 1.165) is 28.4 Å². The molecule has 0 aliphatic rings. The Bertz CT molecular complexity index is 637. The molecule has 2 heterocycles. The number of hydrogen-bond donors (Lipinski definition) is 1. The number of benzene rings is 1. The molecule has 0 atom stereocenters. The van der Waals surface area contributed by atoms with Crippen LogP contribution < -0.4 is 0 Å². The zero-order valence-electron chi connectivity index (χ0n) is 7.84. The highest BCUT2D eigenvalue weighted by atomic mass is 16.1. The van der Waals surface area contributed by atoms with Crippen LogP contribution in [0.1, 0.15) is 5.56 Å². The van der Waals surface area contributed by atoms with Crippen LogP contribution in [-0.4, -0.2) is 26.3 Å². The lowest BCUT2D eigenvalue weighted by atomic mass is 10.1. The molecule has 0 saturated heterocycles. The minimum absolute atomic E-state index is 0.365. The highest BCUT2D eigenvalue weighted by molar-refractivity contribution is 5.92. The number of nitrogens with one attached hydrogen (secondary N) is 1. The van der Waals surface area contributed by atoms with Crippen LogP contribution in [0.25, 0.3) is 16.6 Å². The fourth-order valence-corrected chi connectivity index (χ4v) is 1.90. The van der Waals surface area contributed by atoms with Crippen LogP contribution >= 0.6 is 0 Å². The average Bonchev–Trinajstić information content (AvgIpc) is 2.82. The zero-order valence-corrected chi connectivity index (χ0v) is 7.84. The largest absolute Gasteiger partial charge is 0.303 e. The Kier molecular flexibility index (Phi) is 1.58. The second-order valence-corrected chi connectivity index (χ2v) is 3.33. The molecule has 1 N–H and O–H groups in total. The molecular weight excluding hydrogens is 192 g/mol. The van der Waals surface area contributed by atoms with E-state index in [9.17, 15) is 4.79 Å². The molecule has 2 aromatic heterocycles. The van der Waals surface area contributed by atoms with E-state index < -0.39 is 0 Å². The number of aromatic nitrogens is 4. The summed E-state index contributed by atoms with van der Waals surface area (Å²) >= 11 is 0. The van der Waals surface area contributed by atoms with Crippen LogP contribution in [0.3, 0.4) is 0 Å². The fraction of sp³-hybridized carbons (Fsp3) is 0.100. The monoisotopic (exact) mass is 200 g/mol. The standard InChI is InChI=1S/C10H8N4O/c15-6-5-8-7-3-1-2-4-9(7)14-10(8)11-12-13-14/h1-4,6H,5H2,(H,11,13). The molecule has 0 bridgehead atoms. The minimum Gasteiger partial charge on any atom is -0.303 e. The predicted octanol–water partition coefficient (Wildman–Crippen LogP) is 0.952. The molecule has 74 valence electrons. The number of fused-ring (bicyclic) bond motifs is 3. The Morgan fingerprint density at radius 1 is 1.40 bits per heavy atom. The van der Waals surface area contributed by atoms with Gasteiger partial charge in [0, 0.05) is 17.4 Å². The number of nitrogens with zero attached hydrogens (tertiary/aromatic N) is 3. The molecule has 3 aromatic rings. The van der Waals surface area contributed by atoms with Crippen LogP contribution in [0.4, 0.5) is 0 Å². The first-order valence-corrected chi connectivity index (χ1v) is 4.64. The van der Waals surface area contributed by atoms with E-state index >= 15 is 0 Å². The van der Waals surface area contributed by atoms with Gasteiger partial charge in [-0.25, -0.2) is 4.52 Å². The summed E-state index contributed by atoms with van der Waals surface area (Å²) in [5.74, 6) is 0. The summed E-state index contributed by atoms with van der Waals surface area (Å²) in [5, 5.41) is 11.5. The van der Waals surface area contributed by atoms with Gasteiger partial charge in [0.2, 0.25) is 0 Å². The third kappa shape index (κ3) is 0.999. The number of aldehydes is 1. The molecule has 0 aliphatic heterocycles. The maximum absolute atomic E-state index is 10.6. The topological polar surface area (TPSA) is 63.0 Å². The van der Waals surface area contributed by atoms with Crippen molar-refractivity contribution in [2.45, 2.75) is 6.42 Å². The number of H-pyrrole nitrogens is 1. The molecule has 0 radical (unpaired) electrons. The second kappa shape index (κ2) is 2.91. The second-order valence-electron chi connectivity index (χ2n) is 3.33. The summed E-state index contributed by atoms with van der Waals surface area (Å²) in [4.78, 5) is 10.6. The van der Waals surface area contributed by atoms with Gasteiger partial charge in [-0.15, -0.1) is 5.10 Å². The van der Waals surface area contributed by atoms with Crippen LogP contribution in [0.2, 0.25) is 0 Å². The Hall–Kier alpha value is -2.17. The van der Waals surface area contributed by atoms with Gasteiger partial charge in [-0.05, 0) is 6.07 Å². The molecular formula is C10H8N4O. The smallest absolute Gasteiger partial charge is 0.181 e. The van der Waals surface area contributed by atoms with Gasteiger partial charge in [-0.3, -0.25) is 0 Å². The maximum Gasteiger partial charge on any atom is 0.181 e. The number of para-hydroxylation sites is 1. The van der Waals surface area contributed by atoms with Crippen molar-refractivity contribution in [1.29, 1.82) is 0 Å². The SMILES string of the molecule is O=CCc1c2ccccc2n2[nH]nnc12. The number of tetrazole rings is 1. The van der Waals surface area contributed by atoms with E-state index in [4.69, 9.17) is 0 Å². The van der Waals surface area contributed by atoms with Crippen molar-refractivity contribution in [2.24, 2.45) is 0 Å². The van der Waals surface area contributed by atoms with Gasteiger partial charge in [0.05, 0.1) is 5.52 Å². The van der Waals surface area contributed by atoms with Crippen molar-refractivity contribution in [3.63, 3.8) is 0 Å².